The van der Waals surface area contributed by atoms with Crippen LogP contribution in [0, 0.1) is 7.43 Å². The summed E-state index contributed by atoms with van der Waals surface area (Å²) in [7, 11) is 0. The molecule has 0 spiro atoms. The van der Waals surface area contributed by atoms with Crippen LogP contribution in [-0.2, 0) is 6.42 Å². The molecule has 0 atom stereocenters. The van der Waals surface area contributed by atoms with Crippen LogP contribution in [0.15, 0.2) is 30.3 Å². The fourth-order valence-corrected chi connectivity index (χ4v) is 1.20. The first kappa shape index (κ1) is 7.07. The van der Waals surface area contributed by atoms with Crippen molar-refractivity contribution in [3.63, 3.8) is 0 Å². The molecule has 0 bridgehead atoms. The van der Waals surface area contributed by atoms with Gasteiger partial charge in [-0.3, -0.25) is 0 Å². The van der Waals surface area contributed by atoms with Crippen molar-refractivity contribution in [1.29, 1.82) is 0 Å². The Balaban J connectivity index is 0.000000500. The van der Waals surface area contributed by atoms with Crippen LogP contribution in [-0.4, -0.2) is 0 Å². The van der Waals surface area contributed by atoms with Crippen LogP contribution in [0.4, 0.5) is 0 Å². The minimum atomic E-state index is 0. The van der Waals surface area contributed by atoms with Crippen LogP contribution in [0.1, 0.15) is 11.1 Å². The predicted molar refractivity (Wildman–Crippen MR) is 42.4 cm³/mol. The third-order valence-electron chi connectivity index (χ3n) is 1.69. The molecule has 1 aliphatic rings. The zero-order valence-corrected chi connectivity index (χ0v) is 5.67. The van der Waals surface area contributed by atoms with Crippen molar-refractivity contribution in [2.75, 3.05) is 0 Å². The van der Waals surface area contributed by atoms with Gasteiger partial charge in [-0.1, -0.05) is 36.4 Å². The molecule has 0 aromatic heterocycles. The highest BCUT2D eigenvalue weighted by Crippen LogP contribution is 2.17. The van der Waals surface area contributed by atoms with E-state index in [1.165, 1.54) is 11.1 Å². The van der Waals surface area contributed by atoms with Crippen LogP contribution in [0.25, 0.3) is 6.08 Å². The Morgan fingerprint density at radius 2 is 1.90 bits per heavy atom. The van der Waals surface area contributed by atoms with Crippen molar-refractivity contribution < 1.29 is 0 Å². The summed E-state index contributed by atoms with van der Waals surface area (Å²) in [5, 5.41) is 0. The van der Waals surface area contributed by atoms with E-state index in [9.17, 15) is 0 Å². The second kappa shape index (κ2) is 2.70. The summed E-state index contributed by atoms with van der Waals surface area (Å²) in [6.07, 6.45) is 5.50. The first-order chi connectivity index (χ1) is 4.47. The summed E-state index contributed by atoms with van der Waals surface area (Å²) < 4.78 is 0. The molecule has 1 aromatic rings. The van der Waals surface area contributed by atoms with Gasteiger partial charge in [0.1, 0.15) is 0 Å². The second-order valence-electron chi connectivity index (χ2n) is 2.31. The minimum absolute atomic E-state index is 0. The summed E-state index contributed by atoms with van der Waals surface area (Å²) >= 11 is 0. The molecular formula is C10H8. The van der Waals surface area contributed by atoms with Crippen molar-refractivity contribution >= 4 is 6.08 Å². The van der Waals surface area contributed by atoms with Crippen LogP contribution >= 0.6 is 0 Å². The summed E-state index contributed by atoms with van der Waals surface area (Å²) in [6, 6.07) is 8.49. The molecule has 10 heavy (non-hydrogen) atoms. The average molecular weight is 128 g/mol. The minimum Gasteiger partial charge on any atom is -0.0795 e. The van der Waals surface area contributed by atoms with E-state index >= 15 is 0 Å². The van der Waals surface area contributed by atoms with Crippen molar-refractivity contribution in [3.8, 4) is 0 Å². The molecule has 2 rings (SSSR count). The molecule has 0 unspecified atom stereocenters. The molecule has 0 amide bonds. The summed E-state index contributed by atoms with van der Waals surface area (Å²) in [4.78, 5) is 0. The van der Waals surface area contributed by atoms with Gasteiger partial charge in [0, 0.05) is 7.43 Å². The maximum Gasteiger partial charge on any atom is 0 e. The van der Waals surface area contributed by atoms with E-state index in [1.807, 2.05) is 0 Å². The number of hydrogen-bond donors (Lipinski definition) is 0. The second-order valence-corrected chi connectivity index (χ2v) is 2.31. The molecule has 0 saturated heterocycles. The van der Waals surface area contributed by atoms with Gasteiger partial charge in [0.15, 0.2) is 0 Å². The summed E-state index contributed by atoms with van der Waals surface area (Å²) in [5.41, 5.74) is 2.84. The molecule has 48 valence electrons. The monoisotopic (exact) mass is 128 g/mol. The molecular weight excluding hydrogens is 120 g/mol. The van der Waals surface area contributed by atoms with Crippen LogP contribution in [0.2, 0.25) is 0 Å². The Bertz CT molecular complexity index is 246. The van der Waals surface area contributed by atoms with Crippen molar-refractivity contribution in [2.45, 2.75) is 6.42 Å². The normalized spacial score (nSPS) is 12.4. The van der Waals surface area contributed by atoms with Gasteiger partial charge in [-0.2, -0.15) is 0 Å². The lowest BCUT2D eigenvalue weighted by molar-refractivity contribution is 1.31. The van der Waals surface area contributed by atoms with Crippen LogP contribution < -0.4 is 0 Å². The van der Waals surface area contributed by atoms with E-state index in [4.69, 9.17) is 0 Å². The lowest BCUT2D eigenvalue weighted by Crippen LogP contribution is -1.76. The Morgan fingerprint density at radius 1 is 1.10 bits per heavy atom. The summed E-state index contributed by atoms with van der Waals surface area (Å²) in [5.74, 6) is 0. The number of hydrogen-bond acceptors (Lipinski definition) is 0. The Kier molecular flexibility index (Phi) is 1.91. The highest BCUT2D eigenvalue weighted by molar-refractivity contribution is 5.59. The maximum atomic E-state index is 2.20. The standard InChI is InChI=1S/C9H8.C/c1-2-5-9-7-3-6-8(9)4-1;/h1-6H,7H2;. The SMILES string of the molecule is C1=Cc2ccccc2C1.[C]. The Morgan fingerprint density at radius 3 is 2.70 bits per heavy atom. The van der Waals surface area contributed by atoms with E-state index in [0.717, 1.165) is 6.42 Å². The fourth-order valence-electron chi connectivity index (χ4n) is 1.20. The topological polar surface area (TPSA) is 0 Å². The van der Waals surface area contributed by atoms with Gasteiger partial charge in [-0.15, -0.1) is 0 Å². The van der Waals surface area contributed by atoms with E-state index in [2.05, 4.69) is 36.4 Å². The fraction of sp³-hybridized carbons (Fsp3) is 0.100. The molecule has 0 saturated carbocycles. The van der Waals surface area contributed by atoms with Gasteiger partial charge in [0.2, 0.25) is 0 Å². The number of fused-ring (bicyclic) bond motifs is 1. The highest BCUT2D eigenvalue weighted by Gasteiger charge is 2.00. The first-order valence-electron chi connectivity index (χ1n) is 3.21. The van der Waals surface area contributed by atoms with Crippen molar-refractivity contribution in [2.24, 2.45) is 0 Å². The molecule has 0 aliphatic heterocycles. The molecule has 0 fully saturated rings. The lowest BCUT2D eigenvalue weighted by Gasteiger charge is -1.93. The Hall–Kier alpha value is -1.04. The largest absolute Gasteiger partial charge is 0.0795 e. The molecule has 0 nitrogen and oxygen atoms in total. The van der Waals surface area contributed by atoms with Gasteiger partial charge >= 0.3 is 0 Å². The molecule has 0 N–H and O–H groups in total. The van der Waals surface area contributed by atoms with Gasteiger partial charge in [0.05, 0.1) is 0 Å². The van der Waals surface area contributed by atoms with E-state index in [1.54, 1.807) is 0 Å². The zero-order chi connectivity index (χ0) is 6.10. The summed E-state index contributed by atoms with van der Waals surface area (Å²) in [6.45, 7) is 0. The molecule has 4 radical (unpaired) electrons. The average Bonchev–Trinajstić information content (AvgIpc) is 2.33. The van der Waals surface area contributed by atoms with Crippen molar-refractivity contribution in [1.82, 2.24) is 0 Å². The predicted octanol–water partition coefficient (Wildman–Crippen LogP) is 2.34. The molecule has 1 aliphatic carbocycles. The van der Waals surface area contributed by atoms with Gasteiger partial charge < -0.3 is 0 Å². The van der Waals surface area contributed by atoms with Crippen molar-refractivity contribution in [3.05, 3.63) is 48.9 Å². The van der Waals surface area contributed by atoms with Gasteiger partial charge in [-0.05, 0) is 17.5 Å². The highest BCUT2D eigenvalue weighted by atomic mass is 14.0. The van der Waals surface area contributed by atoms with Gasteiger partial charge in [-0.25, -0.2) is 0 Å². The third kappa shape index (κ3) is 0.971. The van der Waals surface area contributed by atoms with Crippen LogP contribution in [0.5, 0.6) is 0 Å². The molecule has 0 heteroatoms. The van der Waals surface area contributed by atoms with Crippen LogP contribution in [0.3, 0.4) is 0 Å². The van der Waals surface area contributed by atoms with E-state index in [0.29, 0.717) is 0 Å². The van der Waals surface area contributed by atoms with E-state index < -0.39 is 0 Å². The number of benzene rings is 1. The number of allylic oxidation sites excluding steroid dienone is 1. The maximum absolute atomic E-state index is 2.20. The third-order valence-corrected chi connectivity index (χ3v) is 1.69. The molecule has 1 aromatic carbocycles. The van der Waals surface area contributed by atoms with Gasteiger partial charge in [0.25, 0.3) is 0 Å². The Labute approximate surface area is 62.2 Å². The first-order valence-corrected chi connectivity index (χ1v) is 3.21. The molecule has 0 heterocycles. The number of rotatable bonds is 0. The zero-order valence-electron chi connectivity index (χ0n) is 5.67. The van der Waals surface area contributed by atoms with E-state index in [-0.39, 0.29) is 7.43 Å². The lowest BCUT2D eigenvalue weighted by atomic mass is 10.1. The quantitative estimate of drug-likeness (QED) is 0.503. The smallest absolute Gasteiger partial charge is 0 e.